The molecule has 3 atom stereocenters. The zero-order valence-electron chi connectivity index (χ0n) is 17.2. The first-order valence-electron chi connectivity index (χ1n) is 10.1. The molecule has 0 radical (unpaired) electrons. The van der Waals surface area contributed by atoms with Crippen LogP contribution in [0.2, 0.25) is 0 Å². The lowest BCUT2D eigenvalue weighted by atomic mass is 9.83. The Labute approximate surface area is 170 Å². The van der Waals surface area contributed by atoms with Gasteiger partial charge in [0, 0.05) is 6.42 Å². The van der Waals surface area contributed by atoms with Gasteiger partial charge in [0.2, 0.25) is 5.91 Å². The van der Waals surface area contributed by atoms with E-state index in [1.165, 1.54) is 29.5 Å². The van der Waals surface area contributed by atoms with Crippen molar-refractivity contribution in [3.63, 3.8) is 0 Å². The number of aryl methyl sites for hydroxylation is 2. The third kappa shape index (κ3) is 5.46. The lowest BCUT2D eigenvalue weighted by Gasteiger charge is -2.40. The van der Waals surface area contributed by atoms with Gasteiger partial charge in [-0.05, 0) is 69.7 Å². The first kappa shape index (κ1) is 22.2. The van der Waals surface area contributed by atoms with Gasteiger partial charge in [-0.1, -0.05) is 30.7 Å². The lowest BCUT2D eigenvalue weighted by molar-refractivity contribution is -0.145. The Hall–Kier alpha value is -1.10. The minimum Gasteiger partial charge on any atom is -0.370 e. The molecule has 2 aliphatic heterocycles. The van der Waals surface area contributed by atoms with Gasteiger partial charge in [-0.3, -0.25) is 4.79 Å². The van der Waals surface area contributed by atoms with Crippen LogP contribution < -0.4 is 5.32 Å². The van der Waals surface area contributed by atoms with Crippen molar-refractivity contribution in [3.8, 4) is 0 Å². The maximum Gasteiger partial charge on any atom is 0.223 e. The molecule has 0 spiro atoms. The number of carbonyl (C=O) groups excluding carboxylic acids is 1. The number of piperidine rings is 1. The van der Waals surface area contributed by atoms with E-state index in [4.69, 9.17) is 4.74 Å². The van der Waals surface area contributed by atoms with Crippen molar-refractivity contribution < 1.29 is 9.53 Å². The SMILES string of the molecule is Cc1ccc(C)c(C2CN(C(=O)CC(C)C3CCNCC3)C(C)CO2)c1.Cl. The second-order valence-corrected chi connectivity index (χ2v) is 8.35. The van der Waals surface area contributed by atoms with Crippen molar-refractivity contribution in [3.05, 3.63) is 34.9 Å². The number of amides is 1. The molecule has 3 unspecified atom stereocenters. The zero-order chi connectivity index (χ0) is 18.7. The van der Waals surface area contributed by atoms with Crippen LogP contribution >= 0.6 is 12.4 Å². The van der Waals surface area contributed by atoms with Crippen LogP contribution in [0, 0.1) is 25.7 Å². The quantitative estimate of drug-likeness (QED) is 0.837. The van der Waals surface area contributed by atoms with Crippen LogP contribution in [0.1, 0.15) is 55.9 Å². The molecule has 0 bridgehead atoms. The number of morpholine rings is 1. The Balaban J connectivity index is 0.00000261. The van der Waals surface area contributed by atoms with E-state index < -0.39 is 0 Å². The number of nitrogens with zero attached hydrogens (tertiary/aromatic N) is 1. The van der Waals surface area contributed by atoms with Crippen molar-refractivity contribution in [1.29, 1.82) is 0 Å². The van der Waals surface area contributed by atoms with E-state index in [-0.39, 0.29) is 24.6 Å². The van der Waals surface area contributed by atoms with E-state index in [2.05, 4.69) is 56.1 Å². The zero-order valence-corrected chi connectivity index (χ0v) is 18.0. The molecule has 1 aromatic rings. The maximum atomic E-state index is 13.0. The Morgan fingerprint density at radius 1 is 1.30 bits per heavy atom. The van der Waals surface area contributed by atoms with Crippen LogP contribution in [0.4, 0.5) is 0 Å². The monoisotopic (exact) mass is 394 g/mol. The molecule has 2 fully saturated rings. The topological polar surface area (TPSA) is 41.6 Å². The molecular weight excluding hydrogens is 360 g/mol. The molecule has 1 N–H and O–H groups in total. The van der Waals surface area contributed by atoms with Crippen LogP contribution in [0.15, 0.2) is 18.2 Å². The summed E-state index contributed by atoms with van der Waals surface area (Å²) in [6.45, 7) is 12.1. The Morgan fingerprint density at radius 3 is 2.70 bits per heavy atom. The smallest absolute Gasteiger partial charge is 0.223 e. The molecule has 2 saturated heterocycles. The summed E-state index contributed by atoms with van der Waals surface area (Å²) in [5.41, 5.74) is 3.71. The normalized spacial score (nSPS) is 25.0. The van der Waals surface area contributed by atoms with E-state index in [0.29, 0.717) is 37.3 Å². The second-order valence-electron chi connectivity index (χ2n) is 8.35. The number of carbonyl (C=O) groups is 1. The average Bonchev–Trinajstić information content (AvgIpc) is 2.65. The molecule has 152 valence electrons. The fourth-order valence-corrected chi connectivity index (χ4v) is 4.37. The largest absolute Gasteiger partial charge is 0.370 e. The Bertz CT molecular complexity index is 631. The highest BCUT2D eigenvalue weighted by molar-refractivity contribution is 5.85. The highest BCUT2D eigenvalue weighted by atomic mass is 35.5. The molecule has 3 rings (SSSR count). The van der Waals surface area contributed by atoms with Crippen molar-refractivity contribution in [2.75, 3.05) is 26.2 Å². The Morgan fingerprint density at radius 2 is 2.00 bits per heavy atom. The molecule has 2 aliphatic rings. The summed E-state index contributed by atoms with van der Waals surface area (Å²) < 4.78 is 6.11. The number of halogens is 1. The van der Waals surface area contributed by atoms with E-state index >= 15 is 0 Å². The van der Waals surface area contributed by atoms with Crippen molar-refractivity contribution in [2.24, 2.45) is 11.8 Å². The summed E-state index contributed by atoms with van der Waals surface area (Å²) in [6.07, 6.45) is 3.04. The van der Waals surface area contributed by atoms with Gasteiger partial charge in [0.25, 0.3) is 0 Å². The predicted molar refractivity (Wildman–Crippen MR) is 112 cm³/mol. The summed E-state index contributed by atoms with van der Waals surface area (Å²) in [6, 6.07) is 6.64. The molecular formula is C22H35ClN2O2. The number of hydrogen-bond donors (Lipinski definition) is 1. The van der Waals surface area contributed by atoms with Gasteiger partial charge in [0.15, 0.2) is 0 Å². The predicted octanol–water partition coefficient (Wildman–Crippen LogP) is 4.04. The number of benzene rings is 1. The maximum absolute atomic E-state index is 13.0. The molecule has 27 heavy (non-hydrogen) atoms. The Kier molecular flexibility index (Phi) is 8.14. The number of rotatable bonds is 4. The van der Waals surface area contributed by atoms with Crippen LogP contribution in [0.25, 0.3) is 0 Å². The number of ether oxygens (including phenoxy) is 1. The summed E-state index contributed by atoms with van der Waals surface area (Å²) in [5, 5.41) is 3.42. The summed E-state index contributed by atoms with van der Waals surface area (Å²) in [4.78, 5) is 15.1. The van der Waals surface area contributed by atoms with Gasteiger partial charge < -0.3 is 15.0 Å². The standard InChI is InChI=1S/C22H34N2O2.ClH/c1-15-5-6-16(2)20(11-15)21-13-24(18(4)14-26-21)22(25)12-17(3)19-7-9-23-10-8-19;/h5-6,11,17-19,21,23H,7-10,12-14H2,1-4H3;1H. The summed E-state index contributed by atoms with van der Waals surface area (Å²) in [5.74, 6) is 1.42. The first-order chi connectivity index (χ1) is 12.5. The van der Waals surface area contributed by atoms with E-state index in [1.54, 1.807) is 0 Å². The molecule has 1 aromatic carbocycles. The van der Waals surface area contributed by atoms with Crippen LogP contribution in [-0.2, 0) is 9.53 Å². The highest BCUT2D eigenvalue weighted by Gasteiger charge is 2.32. The lowest BCUT2D eigenvalue weighted by Crippen LogP contribution is -2.49. The fraction of sp³-hybridized carbons (Fsp3) is 0.682. The molecule has 0 saturated carbocycles. The third-order valence-corrected chi connectivity index (χ3v) is 6.22. The minimum absolute atomic E-state index is 0. The van der Waals surface area contributed by atoms with E-state index in [9.17, 15) is 4.79 Å². The van der Waals surface area contributed by atoms with E-state index in [0.717, 1.165) is 13.1 Å². The average molecular weight is 395 g/mol. The minimum atomic E-state index is -0.00997. The second kappa shape index (κ2) is 9.90. The van der Waals surface area contributed by atoms with Gasteiger partial charge in [-0.2, -0.15) is 0 Å². The van der Waals surface area contributed by atoms with Gasteiger partial charge in [0.05, 0.1) is 19.2 Å². The van der Waals surface area contributed by atoms with Crippen LogP contribution in [0.3, 0.4) is 0 Å². The van der Waals surface area contributed by atoms with Gasteiger partial charge in [0.1, 0.15) is 6.10 Å². The van der Waals surface area contributed by atoms with Crippen molar-refractivity contribution in [2.45, 2.75) is 59.1 Å². The molecule has 4 nitrogen and oxygen atoms in total. The van der Waals surface area contributed by atoms with Gasteiger partial charge in [-0.25, -0.2) is 0 Å². The van der Waals surface area contributed by atoms with E-state index in [1.807, 2.05) is 0 Å². The van der Waals surface area contributed by atoms with Crippen molar-refractivity contribution >= 4 is 18.3 Å². The molecule has 0 aliphatic carbocycles. The third-order valence-electron chi connectivity index (χ3n) is 6.22. The summed E-state index contributed by atoms with van der Waals surface area (Å²) in [7, 11) is 0. The number of hydrogen-bond acceptors (Lipinski definition) is 3. The molecule has 5 heteroatoms. The fourth-order valence-electron chi connectivity index (χ4n) is 4.37. The highest BCUT2D eigenvalue weighted by Crippen LogP contribution is 2.30. The van der Waals surface area contributed by atoms with Crippen LogP contribution in [0.5, 0.6) is 0 Å². The molecule has 2 heterocycles. The van der Waals surface area contributed by atoms with Gasteiger partial charge >= 0.3 is 0 Å². The van der Waals surface area contributed by atoms with Crippen LogP contribution in [-0.4, -0.2) is 43.1 Å². The molecule has 0 aromatic heterocycles. The molecule has 1 amide bonds. The first-order valence-corrected chi connectivity index (χ1v) is 10.1. The van der Waals surface area contributed by atoms with Crippen molar-refractivity contribution in [1.82, 2.24) is 10.2 Å². The summed E-state index contributed by atoms with van der Waals surface area (Å²) >= 11 is 0. The number of nitrogens with one attached hydrogen (secondary N) is 1. The van der Waals surface area contributed by atoms with Gasteiger partial charge in [-0.15, -0.1) is 12.4 Å².